The summed E-state index contributed by atoms with van der Waals surface area (Å²) < 4.78 is 1.03. The number of halogens is 1. The minimum absolute atomic E-state index is 0.0174. The standard InChI is InChI=1S/C17H15ClN2OS2/c1-11-13(18)7-8-14-16(11)20-17(23-14)19-15(21)9-10-22-12-5-3-2-4-6-12/h2-8H,9-10H2,1H3,(H,19,20,21). The number of aryl methyl sites for hydroxylation is 1. The molecule has 6 heteroatoms. The van der Waals surface area contributed by atoms with Crippen LogP contribution in [0, 0.1) is 6.92 Å². The van der Waals surface area contributed by atoms with E-state index in [0.717, 1.165) is 21.5 Å². The summed E-state index contributed by atoms with van der Waals surface area (Å²) in [6, 6.07) is 13.9. The molecule has 0 bridgehead atoms. The molecule has 0 aliphatic heterocycles. The van der Waals surface area contributed by atoms with E-state index in [-0.39, 0.29) is 5.91 Å². The smallest absolute Gasteiger partial charge is 0.226 e. The van der Waals surface area contributed by atoms with Crippen molar-refractivity contribution in [3.05, 3.63) is 53.1 Å². The molecule has 23 heavy (non-hydrogen) atoms. The molecule has 3 rings (SSSR count). The van der Waals surface area contributed by atoms with Gasteiger partial charge in [0.05, 0.1) is 10.2 Å². The highest BCUT2D eigenvalue weighted by atomic mass is 35.5. The summed E-state index contributed by atoms with van der Waals surface area (Å²) in [7, 11) is 0. The van der Waals surface area contributed by atoms with Crippen molar-refractivity contribution >= 4 is 56.0 Å². The maximum atomic E-state index is 12.0. The van der Waals surface area contributed by atoms with Gasteiger partial charge in [0, 0.05) is 22.1 Å². The average molecular weight is 363 g/mol. The quantitative estimate of drug-likeness (QED) is 0.619. The van der Waals surface area contributed by atoms with Gasteiger partial charge in [0.25, 0.3) is 0 Å². The van der Waals surface area contributed by atoms with E-state index < -0.39 is 0 Å². The molecule has 1 heterocycles. The number of fused-ring (bicyclic) bond motifs is 1. The number of hydrogen-bond acceptors (Lipinski definition) is 4. The van der Waals surface area contributed by atoms with Crippen LogP contribution in [0.15, 0.2) is 47.4 Å². The van der Waals surface area contributed by atoms with E-state index >= 15 is 0 Å². The van der Waals surface area contributed by atoms with Gasteiger partial charge in [-0.15, -0.1) is 11.8 Å². The van der Waals surface area contributed by atoms with E-state index in [1.54, 1.807) is 11.8 Å². The van der Waals surface area contributed by atoms with Crippen LogP contribution in [0.25, 0.3) is 10.2 Å². The molecule has 1 N–H and O–H groups in total. The van der Waals surface area contributed by atoms with Crippen molar-refractivity contribution in [1.82, 2.24) is 4.98 Å². The molecule has 118 valence electrons. The van der Waals surface area contributed by atoms with Crippen molar-refractivity contribution in [3.8, 4) is 0 Å². The van der Waals surface area contributed by atoms with Crippen LogP contribution >= 0.6 is 34.7 Å². The number of aromatic nitrogens is 1. The average Bonchev–Trinajstić information content (AvgIpc) is 2.95. The number of thiazole rings is 1. The maximum absolute atomic E-state index is 12.0. The van der Waals surface area contributed by atoms with E-state index in [4.69, 9.17) is 11.6 Å². The van der Waals surface area contributed by atoms with Crippen molar-refractivity contribution in [1.29, 1.82) is 0 Å². The zero-order chi connectivity index (χ0) is 16.2. The predicted molar refractivity (Wildman–Crippen MR) is 99.8 cm³/mol. The van der Waals surface area contributed by atoms with Gasteiger partial charge in [0.15, 0.2) is 5.13 Å². The molecule has 2 aromatic carbocycles. The molecule has 0 atom stereocenters. The largest absolute Gasteiger partial charge is 0.302 e. The molecule has 0 saturated heterocycles. The van der Waals surface area contributed by atoms with E-state index in [2.05, 4.69) is 10.3 Å². The molecule has 1 aromatic heterocycles. The minimum Gasteiger partial charge on any atom is -0.302 e. The number of carbonyl (C=O) groups excluding carboxylic acids is 1. The Morgan fingerprint density at radius 1 is 1.26 bits per heavy atom. The summed E-state index contributed by atoms with van der Waals surface area (Å²) >= 11 is 9.25. The molecule has 1 amide bonds. The van der Waals surface area contributed by atoms with Crippen LogP contribution in [0.3, 0.4) is 0 Å². The van der Waals surface area contributed by atoms with Crippen LogP contribution in [0.1, 0.15) is 12.0 Å². The highest BCUT2D eigenvalue weighted by Crippen LogP contribution is 2.31. The van der Waals surface area contributed by atoms with Gasteiger partial charge < -0.3 is 5.32 Å². The summed E-state index contributed by atoms with van der Waals surface area (Å²) in [6.45, 7) is 1.94. The molecule has 0 aliphatic carbocycles. The van der Waals surface area contributed by atoms with Crippen LogP contribution in [0.2, 0.25) is 5.02 Å². The molecule has 0 radical (unpaired) electrons. The van der Waals surface area contributed by atoms with Gasteiger partial charge in [-0.2, -0.15) is 0 Å². The third-order valence-corrected chi connectivity index (χ3v) is 5.69. The molecule has 3 nitrogen and oxygen atoms in total. The summed E-state index contributed by atoms with van der Waals surface area (Å²) in [5, 5.41) is 4.20. The lowest BCUT2D eigenvalue weighted by atomic mass is 10.2. The number of nitrogens with one attached hydrogen (secondary N) is 1. The van der Waals surface area contributed by atoms with Crippen molar-refractivity contribution in [2.75, 3.05) is 11.1 Å². The number of hydrogen-bond donors (Lipinski definition) is 1. The second kappa shape index (κ2) is 7.34. The maximum Gasteiger partial charge on any atom is 0.226 e. The first kappa shape index (κ1) is 16.3. The highest BCUT2D eigenvalue weighted by molar-refractivity contribution is 7.99. The SMILES string of the molecule is Cc1c(Cl)ccc2sc(NC(=O)CCSc3ccccc3)nc12. The Hall–Kier alpha value is -1.56. The van der Waals surface area contributed by atoms with Gasteiger partial charge in [-0.05, 0) is 36.8 Å². The lowest BCUT2D eigenvalue weighted by Crippen LogP contribution is -2.11. The Morgan fingerprint density at radius 3 is 2.83 bits per heavy atom. The van der Waals surface area contributed by atoms with E-state index in [1.165, 1.54) is 16.2 Å². The Balaban J connectivity index is 1.58. The van der Waals surface area contributed by atoms with E-state index in [9.17, 15) is 4.79 Å². The normalized spacial score (nSPS) is 10.9. The van der Waals surface area contributed by atoms with Gasteiger partial charge >= 0.3 is 0 Å². The van der Waals surface area contributed by atoms with Crippen molar-refractivity contribution in [3.63, 3.8) is 0 Å². The van der Waals surface area contributed by atoms with Crippen LogP contribution in [-0.4, -0.2) is 16.6 Å². The fourth-order valence-electron chi connectivity index (χ4n) is 2.11. The second-order valence-corrected chi connectivity index (χ2v) is 7.60. The summed E-state index contributed by atoms with van der Waals surface area (Å²) in [6.07, 6.45) is 0.454. The Morgan fingerprint density at radius 2 is 2.04 bits per heavy atom. The Kier molecular flexibility index (Phi) is 5.20. The van der Waals surface area contributed by atoms with Crippen LogP contribution < -0.4 is 5.32 Å². The second-order valence-electron chi connectivity index (χ2n) is 5.00. The third kappa shape index (κ3) is 4.05. The van der Waals surface area contributed by atoms with Gasteiger partial charge in [-0.3, -0.25) is 4.79 Å². The number of nitrogens with zero attached hydrogens (tertiary/aromatic N) is 1. The lowest BCUT2D eigenvalue weighted by Gasteiger charge is -2.02. The first-order chi connectivity index (χ1) is 11.1. The van der Waals surface area contributed by atoms with Crippen molar-refractivity contribution in [2.24, 2.45) is 0 Å². The highest BCUT2D eigenvalue weighted by Gasteiger charge is 2.11. The fourth-order valence-corrected chi connectivity index (χ4v) is 4.08. The molecule has 0 spiro atoms. The number of carbonyl (C=O) groups is 1. The first-order valence-corrected chi connectivity index (χ1v) is 9.35. The number of thioether (sulfide) groups is 1. The van der Waals surface area contributed by atoms with Crippen LogP contribution in [0.4, 0.5) is 5.13 Å². The zero-order valence-electron chi connectivity index (χ0n) is 12.5. The zero-order valence-corrected chi connectivity index (χ0v) is 14.9. The van der Waals surface area contributed by atoms with Crippen LogP contribution in [0.5, 0.6) is 0 Å². The fraction of sp³-hybridized carbons (Fsp3) is 0.176. The van der Waals surface area contributed by atoms with Gasteiger partial charge in [-0.1, -0.05) is 41.1 Å². The molecule has 0 aliphatic rings. The summed E-state index contributed by atoms with van der Waals surface area (Å²) in [5.41, 5.74) is 1.80. The number of benzene rings is 2. The van der Waals surface area contributed by atoms with Crippen LogP contribution in [-0.2, 0) is 4.79 Å². The van der Waals surface area contributed by atoms with Crippen molar-refractivity contribution in [2.45, 2.75) is 18.2 Å². The Bertz CT molecular complexity index is 833. The number of anilines is 1. The predicted octanol–water partition coefficient (Wildman–Crippen LogP) is 5.38. The summed E-state index contributed by atoms with van der Waals surface area (Å²) in [4.78, 5) is 17.7. The molecular weight excluding hydrogens is 348 g/mol. The van der Waals surface area contributed by atoms with Gasteiger partial charge in [0.1, 0.15) is 0 Å². The summed E-state index contributed by atoms with van der Waals surface area (Å²) in [5.74, 6) is 0.724. The lowest BCUT2D eigenvalue weighted by molar-refractivity contribution is -0.115. The molecule has 0 saturated carbocycles. The third-order valence-electron chi connectivity index (χ3n) is 3.34. The molecule has 0 fully saturated rings. The monoisotopic (exact) mass is 362 g/mol. The Labute approximate surface area is 148 Å². The van der Waals surface area contributed by atoms with E-state index in [1.807, 2.05) is 49.4 Å². The van der Waals surface area contributed by atoms with Gasteiger partial charge in [-0.25, -0.2) is 4.98 Å². The minimum atomic E-state index is -0.0174. The number of rotatable bonds is 5. The van der Waals surface area contributed by atoms with Gasteiger partial charge in [0.2, 0.25) is 5.91 Å². The van der Waals surface area contributed by atoms with E-state index in [0.29, 0.717) is 16.6 Å². The molecule has 0 unspecified atom stereocenters. The molecule has 3 aromatic rings. The van der Waals surface area contributed by atoms with Crippen molar-refractivity contribution < 1.29 is 4.79 Å². The topological polar surface area (TPSA) is 42.0 Å². The first-order valence-electron chi connectivity index (χ1n) is 7.17. The molecular formula is C17H15ClN2OS2. The number of amides is 1.